The van der Waals surface area contributed by atoms with Gasteiger partial charge in [0.15, 0.2) is 0 Å². The molecule has 0 radical (unpaired) electrons. The molecule has 7 nitrogen and oxygen atoms in total. The van der Waals surface area contributed by atoms with Crippen LogP contribution in [0.15, 0.2) is 48.5 Å². The largest absolute Gasteiger partial charge is 0.494 e. The number of anilines is 3. The zero-order chi connectivity index (χ0) is 18.4. The van der Waals surface area contributed by atoms with Crippen LogP contribution >= 0.6 is 0 Å². The number of nitriles is 1. The standard InChI is InChI=1S/C19H18N6O/c1-2-26-16-5-3-4-14(10-16)11-17-23-18(21)25-19(24-17)22-15-8-6-13(12-20)7-9-15/h3-10H,2,11H2,1H3,(H3,21,22,23,24,25). The normalized spacial score (nSPS) is 10.2. The first-order valence-corrected chi connectivity index (χ1v) is 8.15. The average Bonchev–Trinajstić information content (AvgIpc) is 2.62. The van der Waals surface area contributed by atoms with Gasteiger partial charge in [0.05, 0.1) is 18.2 Å². The van der Waals surface area contributed by atoms with Gasteiger partial charge in [-0.25, -0.2) is 0 Å². The van der Waals surface area contributed by atoms with E-state index in [1.165, 1.54) is 0 Å². The molecule has 130 valence electrons. The Morgan fingerprint density at radius 1 is 1.12 bits per heavy atom. The van der Waals surface area contributed by atoms with Gasteiger partial charge >= 0.3 is 0 Å². The van der Waals surface area contributed by atoms with Gasteiger partial charge in [-0.05, 0) is 48.9 Å². The summed E-state index contributed by atoms with van der Waals surface area (Å²) in [5, 5.41) is 11.9. The Labute approximate surface area is 151 Å². The van der Waals surface area contributed by atoms with Crippen molar-refractivity contribution in [2.75, 3.05) is 17.7 Å². The van der Waals surface area contributed by atoms with Crippen molar-refractivity contribution in [2.45, 2.75) is 13.3 Å². The van der Waals surface area contributed by atoms with Crippen molar-refractivity contribution < 1.29 is 4.74 Å². The first-order valence-electron chi connectivity index (χ1n) is 8.15. The zero-order valence-electron chi connectivity index (χ0n) is 14.3. The van der Waals surface area contributed by atoms with E-state index in [0.717, 1.165) is 17.0 Å². The summed E-state index contributed by atoms with van der Waals surface area (Å²) in [6, 6.07) is 16.9. The molecule has 0 fully saturated rings. The maximum Gasteiger partial charge on any atom is 0.232 e. The van der Waals surface area contributed by atoms with Crippen LogP contribution in [0.25, 0.3) is 0 Å². The third-order valence-corrected chi connectivity index (χ3v) is 3.54. The van der Waals surface area contributed by atoms with Gasteiger partial charge in [0.2, 0.25) is 11.9 Å². The summed E-state index contributed by atoms with van der Waals surface area (Å²) in [5.74, 6) is 1.87. The van der Waals surface area contributed by atoms with Crippen LogP contribution in [0, 0.1) is 11.3 Å². The van der Waals surface area contributed by atoms with Crippen molar-refractivity contribution >= 4 is 17.6 Å². The topological polar surface area (TPSA) is 110 Å². The molecule has 2 aromatic carbocycles. The zero-order valence-corrected chi connectivity index (χ0v) is 14.3. The SMILES string of the molecule is CCOc1cccc(Cc2nc(N)nc(Nc3ccc(C#N)cc3)n2)c1. The first-order chi connectivity index (χ1) is 12.7. The van der Waals surface area contributed by atoms with Gasteiger partial charge in [0.25, 0.3) is 0 Å². The first kappa shape index (κ1) is 17.2. The molecular weight excluding hydrogens is 328 g/mol. The van der Waals surface area contributed by atoms with Gasteiger partial charge in [-0.1, -0.05) is 12.1 Å². The molecule has 3 aromatic rings. The number of nitrogen functional groups attached to an aromatic ring is 1. The highest BCUT2D eigenvalue weighted by atomic mass is 16.5. The second-order valence-electron chi connectivity index (χ2n) is 5.50. The molecule has 3 rings (SSSR count). The van der Waals surface area contributed by atoms with E-state index in [1.54, 1.807) is 24.3 Å². The van der Waals surface area contributed by atoms with Crippen molar-refractivity contribution in [3.8, 4) is 11.8 Å². The highest BCUT2D eigenvalue weighted by Gasteiger charge is 2.07. The minimum absolute atomic E-state index is 0.145. The Bertz CT molecular complexity index is 934. The molecule has 0 spiro atoms. The van der Waals surface area contributed by atoms with Gasteiger partial charge in [-0.2, -0.15) is 20.2 Å². The summed E-state index contributed by atoms with van der Waals surface area (Å²) < 4.78 is 5.52. The van der Waals surface area contributed by atoms with E-state index in [9.17, 15) is 0 Å². The minimum atomic E-state index is 0.145. The van der Waals surface area contributed by atoms with Crippen molar-refractivity contribution in [1.29, 1.82) is 5.26 Å². The maximum atomic E-state index is 8.86. The lowest BCUT2D eigenvalue weighted by Crippen LogP contribution is -2.07. The Balaban J connectivity index is 1.78. The Morgan fingerprint density at radius 3 is 2.65 bits per heavy atom. The third kappa shape index (κ3) is 4.45. The van der Waals surface area contributed by atoms with Crippen LogP contribution < -0.4 is 15.8 Å². The number of rotatable bonds is 6. The van der Waals surface area contributed by atoms with Gasteiger partial charge in [-0.15, -0.1) is 0 Å². The third-order valence-electron chi connectivity index (χ3n) is 3.54. The van der Waals surface area contributed by atoms with Crippen molar-refractivity contribution in [2.24, 2.45) is 0 Å². The molecule has 3 N–H and O–H groups in total. The summed E-state index contributed by atoms with van der Waals surface area (Å²) in [6.07, 6.45) is 0.510. The molecular formula is C19H18N6O. The number of ether oxygens (including phenoxy) is 1. The highest BCUT2D eigenvalue weighted by molar-refractivity contribution is 5.55. The summed E-state index contributed by atoms with van der Waals surface area (Å²) in [6.45, 7) is 2.56. The number of hydrogen-bond donors (Lipinski definition) is 2. The van der Waals surface area contributed by atoms with Gasteiger partial charge in [0.1, 0.15) is 11.6 Å². The van der Waals surface area contributed by atoms with Gasteiger partial charge in [-0.3, -0.25) is 0 Å². The molecule has 7 heteroatoms. The van der Waals surface area contributed by atoms with Crippen molar-refractivity contribution in [3.63, 3.8) is 0 Å². The molecule has 0 unspecified atom stereocenters. The van der Waals surface area contributed by atoms with E-state index in [-0.39, 0.29) is 5.95 Å². The molecule has 0 aliphatic heterocycles. The maximum absolute atomic E-state index is 8.86. The van der Waals surface area contributed by atoms with E-state index in [0.29, 0.717) is 30.4 Å². The fraction of sp³-hybridized carbons (Fsp3) is 0.158. The predicted molar refractivity (Wildman–Crippen MR) is 99.1 cm³/mol. The second kappa shape index (κ2) is 7.94. The molecule has 0 amide bonds. The molecule has 0 saturated heterocycles. The minimum Gasteiger partial charge on any atom is -0.494 e. The van der Waals surface area contributed by atoms with Crippen LogP contribution in [0.1, 0.15) is 23.9 Å². The lowest BCUT2D eigenvalue weighted by Gasteiger charge is -2.08. The smallest absolute Gasteiger partial charge is 0.232 e. The lowest BCUT2D eigenvalue weighted by molar-refractivity contribution is 0.340. The molecule has 0 aliphatic carbocycles. The Kier molecular flexibility index (Phi) is 5.25. The molecule has 0 saturated carbocycles. The fourth-order valence-corrected chi connectivity index (χ4v) is 2.42. The predicted octanol–water partition coefficient (Wildman–Crippen LogP) is 3.06. The summed E-state index contributed by atoms with van der Waals surface area (Å²) in [7, 11) is 0. The average molecular weight is 346 g/mol. The Hall–Kier alpha value is -3.66. The second-order valence-corrected chi connectivity index (χ2v) is 5.50. The number of nitrogens with zero attached hydrogens (tertiary/aromatic N) is 4. The van der Waals surface area contributed by atoms with Crippen LogP contribution in [0.2, 0.25) is 0 Å². The monoisotopic (exact) mass is 346 g/mol. The number of nitrogens with two attached hydrogens (primary N) is 1. The molecule has 0 aliphatic rings. The van der Waals surface area contributed by atoms with E-state index in [2.05, 4.69) is 26.3 Å². The lowest BCUT2D eigenvalue weighted by atomic mass is 10.1. The molecule has 0 bridgehead atoms. The van der Waals surface area contributed by atoms with E-state index >= 15 is 0 Å². The van der Waals surface area contributed by atoms with Gasteiger partial charge < -0.3 is 15.8 Å². The molecule has 26 heavy (non-hydrogen) atoms. The van der Waals surface area contributed by atoms with Gasteiger partial charge in [0, 0.05) is 12.1 Å². The number of nitrogens with one attached hydrogen (secondary N) is 1. The molecule has 1 heterocycles. The number of aromatic nitrogens is 3. The van der Waals surface area contributed by atoms with Crippen molar-refractivity contribution in [3.05, 3.63) is 65.5 Å². The van der Waals surface area contributed by atoms with Crippen LogP contribution in [-0.2, 0) is 6.42 Å². The van der Waals surface area contributed by atoms with Crippen LogP contribution in [0.3, 0.4) is 0 Å². The van der Waals surface area contributed by atoms with Crippen LogP contribution in [-0.4, -0.2) is 21.6 Å². The van der Waals surface area contributed by atoms with Crippen LogP contribution in [0.4, 0.5) is 17.6 Å². The highest BCUT2D eigenvalue weighted by Crippen LogP contribution is 2.18. The summed E-state index contributed by atoms with van der Waals surface area (Å²) in [5.41, 5.74) is 8.19. The van der Waals surface area contributed by atoms with E-state index in [1.807, 2.05) is 31.2 Å². The van der Waals surface area contributed by atoms with E-state index < -0.39 is 0 Å². The summed E-state index contributed by atoms with van der Waals surface area (Å²) >= 11 is 0. The number of hydrogen-bond acceptors (Lipinski definition) is 7. The van der Waals surface area contributed by atoms with E-state index in [4.69, 9.17) is 15.7 Å². The molecule has 0 atom stereocenters. The van der Waals surface area contributed by atoms with Crippen LogP contribution in [0.5, 0.6) is 5.75 Å². The quantitative estimate of drug-likeness (QED) is 0.706. The number of benzene rings is 2. The Morgan fingerprint density at radius 2 is 1.92 bits per heavy atom. The summed E-state index contributed by atoms with van der Waals surface area (Å²) in [4.78, 5) is 12.7. The molecule has 1 aromatic heterocycles. The fourth-order valence-electron chi connectivity index (χ4n) is 2.42. The van der Waals surface area contributed by atoms with Crippen molar-refractivity contribution in [1.82, 2.24) is 15.0 Å².